The van der Waals surface area contributed by atoms with Gasteiger partial charge in [-0.25, -0.2) is 0 Å². The van der Waals surface area contributed by atoms with Gasteiger partial charge in [-0.15, -0.1) is 11.6 Å². The lowest BCUT2D eigenvalue weighted by atomic mass is 9.92. The zero-order chi connectivity index (χ0) is 13.0. The molecule has 1 aliphatic rings. The lowest BCUT2D eigenvalue weighted by Gasteiger charge is -2.36. The molecule has 0 atom stereocenters. The van der Waals surface area contributed by atoms with Crippen LogP contribution in [0.5, 0.6) is 0 Å². The third-order valence-corrected chi connectivity index (χ3v) is 4.18. The Kier molecular flexibility index (Phi) is 4.65. The van der Waals surface area contributed by atoms with Crippen molar-refractivity contribution in [3.05, 3.63) is 34.3 Å². The Hall–Kier alpha value is -0.580. The summed E-state index contributed by atoms with van der Waals surface area (Å²) >= 11 is 9.38. The van der Waals surface area contributed by atoms with Crippen molar-refractivity contribution >= 4 is 33.4 Å². The summed E-state index contributed by atoms with van der Waals surface area (Å²) in [5.74, 6) is 0.328. The van der Waals surface area contributed by atoms with Crippen molar-refractivity contribution in [2.75, 3.05) is 19.1 Å². The summed E-state index contributed by atoms with van der Waals surface area (Å²) in [6, 6.07) is 7.33. The molecule has 1 aromatic rings. The average Bonchev–Trinajstić information content (AvgIpc) is 2.40. The van der Waals surface area contributed by atoms with E-state index in [-0.39, 0.29) is 11.4 Å². The Morgan fingerprint density at radius 3 is 2.78 bits per heavy atom. The van der Waals surface area contributed by atoms with E-state index in [9.17, 15) is 4.79 Å². The smallest absolute Gasteiger partial charge is 0.251 e. The van der Waals surface area contributed by atoms with Crippen molar-refractivity contribution in [2.45, 2.75) is 18.4 Å². The largest absolute Gasteiger partial charge is 0.381 e. The minimum Gasteiger partial charge on any atom is -0.381 e. The van der Waals surface area contributed by atoms with Crippen molar-refractivity contribution in [3.8, 4) is 0 Å². The van der Waals surface area contributed by atoms with E-state index in [2.05, 4.69) is 21.2 Å². The second-order valence-electron chi connectivity index (χ2n) is 4.49. The van der Waals surface area contributed by atoms with Crippen molar-refractivity contribution in [2.24, 2.45) is 0 Å². The van der Waals surface area contributed by atoms with Gasteiger partial charge in [-0.05, 0) is 31.0 Å². The summed E-state index contributed by atoms with van der Waals surface area (Å²) < 4.78 is 6.21. The molecule has 1 amide bonds. The molecule has 0 saturated carbocycles. The molecule has 1 saturated heterocycles. The predicted molar refractivity (Wildman–Crippen MR) is 75.1 cm³/mol. The van der Waals surface area contributed by atoms with Crippen molar-refractivity contribution in [1.82, 2.24) is 5.32 Å². The van der Waals surface area contributed by atoms with Crippen LogP contribution in [0.25, 0.3) is 0 Å². The minimum absolute atomic E-state index is 0.0844. The van der Waals surface area contributed by atoms with E-state index in [1.54, 1.807) is 12.1 Å². The monoisotopic (exact) mass is 331 g/mol. The van der Waals surface area contributed by atoms with E-state index in [0.29, 0.717) is 24.7 Å². The molecule has 0 radical (unpaired) electrons. The molecule has 0 aromatic heterocycles. The van der Waals surface area contributed by atoms with E-state index in [1.807, 2.05) is 12.1 Å². The van der Waals surface area contributed by atoms with E-state index >= 15 is 0 Å². The number of carbonyl (C=O) groups is 1. The van der Waals surface area contributed by atoms with Gasteiger partial charge in [0.05, 0.1) is 5.54 Å². The third kappa shape index (κ3) is 3.25. The Balaban J connectivity index is 2.10. The second kappa shape index (κ2) is 6.04. The number of amides is 1. The molecule has 1 fully saturated rings. The van der Waals surface area contributed by atoms with Crippen LogP contribution < -0.4 is 5.32 Å². The number of carbonyl (C=O) groups excluding carboxylic acids is 1. The number of alkyl halides is 1. The normalized spacial score (nSPS) is 18.3. The lowest BCUT2D eigenvalue weighted by Crippen LogP contribution is -2.53. The van der Waals surface area contributed by atoms with Crippen LogP contribution in [-0.4, -0.2) is 30.5 Å². The Labute approximate surface area is 120 Å². The lowest BCUT2D eigenvalue weighted by molar-refractivity contribution is 0.0434. The number of hydrogen-bond acceptors (Lipinski definition) is 2. The molecule has 5 heteroatoms. The van der Waals surface area contributed by atoms with Gasteiger partial charge in [0, 0.05) is 29.1 Å². The molecule has 0 aliphatic carbocycles. The maximum atomic E-state index is 12.2. The van der Waals surface area contributed by atoms with Crippen LogP contribution in [0.3, 0.4) is 0 Å². The summed E-state index contributed by atoms with van der Waals surface area (Å²) in [6.07, 6.45) is 1.52. The molecule has 0 spiro atoms. The van der Waals surface area contributed by atoms with Crippen molar-refractivity contribution < 1.29 is 9.53 Å². The number of nitrogens with one attached hydrogen (secondary N) is 1. The van der Waals surface area contributed by atoms with E-state index < -0.39 is 0 Å². The fourth-order valence-corrected chi connectivity index (χ4v) is 2.73. The zero-order valence-electron chi connectivity index (χ0n) is 9.92. The van der Waals surface area contributed by atoms with Gasteiger partial charge in [-0.1, -0.05) is 22.0 Å². The quantitative estimate of drug-likeness (QED) is 0.864. The van der Waals surface area contributed by atoms with Gasteiger partial charge < -0.3 is 10.1 Å². The first kappa shape index (κ1) is 13.8. The first-order chi connectivity index (χ1) is 8.65. The van der Waals surface area contributed by atoms with E-state index in [0.717, 1.165) is 17.3 Å². The molecule has 1 N–H and O–H groups in total. The van der Waals surface area contributed by atoms with Crippen LogP contribution in [0.2, 0.25) is 0 Å². The summed E-state index contributed by atoms with van der Waals surface area (Å²) in [7, 11) is 0. The van der Waals surface area contributed by atoms with Crippen LogP contribution in [0.1, 0.15) is 23.2 Å². The number of halogens is 2. The van der Waals surface area contributed by atoms with Crippen LogP contribution in [0, 0.1) is 0 Å². The van der Waals surface area contributed by atoms with Gasteiger partial charge >= 0.3 is 0 Å². The van der Waals surface area contributed by atoms with Crippen LogP contribution >= 0.6 is 27.5 Å². The number of benzene rings is 1. The Morgan fingerprint density at radius 2 is 2.17 bits per heavy atom. The molecule has 0 unspecified atom stereocenters. The molecule has 1 aliphatic heterocycles. The zero-order valence-corrected chi connectivity index (χ0v) is 12.3. The first-order valence-corrected chi connectivity index (χ1v) is 7.20. The standard InChI is InChI=1S/C13H15BrClNO2/c14-11-3-1-2-10(8-11)12(17)16-13(9-15)4-6-18-7-5-13/h1-3,8H,4-7,9H2,(H,16,17). The molecular weight excluding hydrogens is 318 g/mol. The summed E-state index contributed by atoms with van der Waals surface area (Å²) in [5, 5.41) is 3.05. The van der Waals surface area contributed by atoms with Crippen LogP contribution in [-0.2, 0) is 4.74 Å². The molecule has 0 bridgehead atoms. The fourth-order valence-electron chi connectivity index (χ4n) is 2.00. The molecule has 18 heavy (non-hydrogen) atoms. The highest BCUT2D eigenvalue weighted by Crippen LogP contribution is 2.23. The topological polar surface area (TPSA) is 38.3 Å². The molecule has 3 nitrogen and oxygen atoms in total. The van der Waals surface area contributed by atoms with Gasteiger partial charge in [0.15, 0.2) is 0 Å². The predicted octanol–water partition coefficient (Wildman–Crippen LogP) is 2.97. The maximum absolute atomic E-state index is 12.2. The highest BCUT2D eigenvalue weighted by Gasteiger charge is 2.33. The highest BCUT2D eigenvalue weighted by atomic mass is 79.9. The maximum Gasteiger partial charge on any atom is 0.251 e. The van der Waals surface area contributed by atoms with Gasteiger partial charge in [0.2, 0.25) is 0 Å². The van der Waals surface area contributed by atoms with Gasteiger partial charge in [0.25, 0.3) is 5.91 Å². The van der Waals surface area contributed by atoms with E-state index in [4.69, 9.17) is 16.3 Å². The molecular formula is C13H15BrClNO2. The van der Waals surface area contributed by atoms with Crippen molar-refractivity contribution in [3.63, 3.8) is 0 Å². The molecule has 2 rings (SSSR count). The SMILES string of the molecule is O=C(NC1(CCl)CCOCC1)c1cccc(Br)c1. The fraction of sp³-hybridized carbons (Fsp3) is 0.462. The van der Waals surface area contributed by atoms with Crippen LogP contribution in [0.15, 0.2) is 28.7 Å². The second-order valence-corrected chi connectivity index (χ2v) is 5.67. The minimum atomic E-state index is -0.334. The third-order valence-electron chi connectivity index (χ3n) is 3.17. The van der Waals surface area contributed by atoms with Gasteiger partial charge in [-0.2, -0.15) is 0 Å². The van der Waals surface area contributed by atoms with Gasteiger partial charge in [0.1, 0.15) is 0 Å². The Bertz CT molecular complexity index is 433. The number of ether oxygens (including phenoxy) is 1. The molecule has 1 heterocycles. The van der Waals surface area contributed by atoms with Gasteiger partial charge in [-0.3, -0.25) is 4.79 Å². The average molecular weight is 333 g/mol. The number of rotatable bonds is 3. The molecule has 98 valence electrons. The summed E-state index contributed by atoms with van der Waals surface area (Å²) in [6.45, 7) is 1.29. The van der Waals surface area contributed by atoms with Crippen LogP contribution in [0.4, 0.5) is 0 Å². The number of hydrogen-bond donors (Lipinski definition) is 1. The summed E-state index contributed by atoms with van der Waals surface area (Å²) in [5.41, 5.74) is 0.305. The first-order valence-electron chi connectivity index (χ1n) is 5.87. The Morgan fingerprint density at radius 1 is 1.44 bits per heavy atom. The van der Waals surface area contributed by atoms with Crippen molar-refractivity contribution in [1.29, 1.82) is 0 Å². The summed E-state index contributed by atoms with van der Waals surface area (Å²) in [4.78, 5) is 12.2. The van der Waals surface area contributed by atoms with E-state index in [1.165, 1.54) is 0 Å². The highest BCUT2D eigenvalue weighted by molar-refractivity contribution is 9.10. The molecule has 1 aromatic carbocycles.